The summed E-state index contributed by atoms with van der Waals surface area (Å²) in [5.74, 6) is -0.288. The smallest absolute Gasteiger partial charge is 0.243 e. The molecule has 188 valence electrons. The highest BCUT2D eigenvalue weighted by Crippen LogP contribution is 2.18. The highest BCUT2D eigenvalue weighted by molar-refractivity contribution is 6.30. The van der Waals surface area contributed by atoms with Gasteiger partial charge in [0.25, 0.3) is 0 Å². The highest BCUT2D eigenvalue weighted by Gasteiger charge is 2.30. The van der Waals surface area contributed by atoms with Gasteiger partial charge >= 0.3 is 0 Å². The second-order valence-electron chi connectivity index (χ2n) is 8.88. The fraction of sp³-hybridized carbons (Fsp3) is 0.194. The maximum Gasteiger partial charge on any atom is 0.243 e. The Morgan fingerprint density at radius 2 is 1.43 bits per heavy atom. The van der Waals surface area contributed by atoms with Gasteiger partial charge in [-0.15, -0.1) is 0 Å². The van der Waals surface area contributed by atoms with Crippen molar-refractivity contribution >= 4 is 23.4 Å². The number of carbonyl (C=O) groups excluding carboxylic acids is 2. The molecule has 0 bridgehead atoms. The number of nitrogens with one attached hydrogen (secondary N) is 1. The Bertz CT molecular complexity index is 1270. The number of benzene rings is 3. The molecule has 4 rings (SSSR count). The van der Waals surface area contributed by atoms with Gasteiger partial charge in [0.05, 0.1) is 12.2 Å². The van der Waals surface area contributed by atoms with Crippen LogP contribution in [0.2, 0.25) is 5.02 Å². The van der Waals surface area contributed by atoms with Gasteiger partial charge in [0.1, 0.15) is 6.04 Å². The second-order valence-corrected chi connectivity index (χ2v) is 9.31. The minimum absolute atomic E-state index is 0.0762. The molecule has 0 aliphatic rings. The first-order chi connectivity index (χ1) is 18.1. The zero-order valence-corrected chi connectivity index (χ0v) is 21.4. The summed E-state index contributed by atoms with van der Waals surface area (Å²) < 4.78 is 0. The minimum atomic E-state index is -0.690. The summed E-state index contributed by atoms with van der Waals surface area (Å²) in [5, 5.41) is 3.63. The Balaban J connectivity index is 1.60. The van der Waals surface area contributed by atoms with Crippen LogP contribution in [0.5, 0.6) is 0 Å². The summed E-state index contributed by atoms with van der Waals surface area (Å²) >= 11 is 6.10. The van der Waals surface area contributed by atoms with Gasteiger partial charge in [0.2, 0.25) is 11.8 Å². The molecule has 3 aromatic carbocycles. The molecule has 37 heavy (non-hydrogen) atoms. The van der Waals surface area contributed by atoms with Gasteiger partial charge in [0.15, 0.2) is 0 Å². The number of nitrogens with zero attached hydrogens (tertiary/aromatic N) is 2. The van der Waals surface area contributed by atoms with Crippen molar-refractivity contribution in [2.45, 2.75) is 38.4 Å². The normalized spacial score (nSPS) is 11.5. The molecule has 2 amide bonds. The van der Waals surface area contributed by atoms with Crippen LogP contribution in [0.3, 0.4) is 0 Å². The number of amides is 2. The topological polar surface area (TPSA) is 62.3 Å². The molecular weight excluding hydrogens is 482 g/mol. The standard InChI is InChI=1S/C31H30ClN3O2/c32-27-17-14-26(15-18-27)23-35(30(36)19-16-24-9-3-1-4-10-24)29(21-25-11-5-2-6-12-25)31(37)34-22-28-13-7-8-20-33-28/h1-15,17-18,20,29H,16,19,21-23H2,(H,34,37)/t29-/m0/s1. The summed E-state index contributed by atoms with van der Waals surface area (Å²) in [6.45, 7) is 0.594. The Labute approximate surface area is 223 Å². The van der Waals surface area contributed by atoms with Gasteiger partial charge in [0, 0.05) is 30.6 Å². The summed E-state index contributed by atoms with van der Waals surface area (Å²) in [5.41, 5.74) is 3.74. The lowest BCUT2D eigenvalue weighted by atomic mass is 10.0. The van der Waals surface area contributed by atoms with Gasteiger partial charge in [-0.2, -0.15) is 0 Å². The van der Waals surface area contributed by atoms with E-state index in [2.05, 4.69) is 10.3 Å². The van der Waals surface area contributed by atoms with Gasteiger partial charge in [-0.25, -0.2) is 0 Å². The fourth-order valence-corrected chi connectivity index (χ4v) is 4.30. The summed E-state index contributed by atoms with van der Waals surface area (Å²) in [7, 11) is 0. The number of carbonyl (C=O) groups is 2. The molecule has 0 saturated heterocycles. The van der Waals surface area contributed by atoms with Crippen LogP contribution in [0.4, 0.5) is 0 Å². The van der Waals surface area contributed by atoms with Crippen LogP contribution in [0, 0.1) is 0 Å². The van der Waals surface area contributed by atoms with Gasteiger partial charge in [-0.1, -0.05) is 90.5 Å². The van der Waals surface area contributed by atoms with Crippen molar-refractivity contribution in [3.63, 3.8) is 0 Å². The lowest BCUT2D eigenvalue weighted by molar-refractivity contribution is -0.141. The van der Waals surface area contributed by atoms with E-state index in [1.807, 2.05) is 91.0 Å². The van der Waals surface area contributed by atoms with Crippen LogP contribution in [0.25, 0.3) is 0 Å². The monoisotopic (exact) mass is 511 g/mol. The van der Waals surface area contributed by atoms with Crippen molar-refractivity contribution < 1.29 is 9.59 Å². The van der Waals surface area contributed by atoms with Crippen molar-refractivity contribution in [3.05, 3.63) is 137 Å². The summed E-state index contributed by atoms with van der Waals surface area (Å²) in [6.07, 6.45) is 3.00. The van der Waals surface area contributed by atoms with Gasteiger partial charge in [-0.3, -0.25) is 14.6 Å². The number of hydrogen-bond donors (Lipinski definition) is 1. The fourth-order valence-electron chi connectivity index (χ4n) is 4.18. The van der Waals surface area contributed by atoms with Crippen LogP contribution in [0.15, 0.2) is 109 Å². The molecule has 1 N–H and O–H groups in total. The maximum atomic E-state index is 13.7. The van der Waals surface area contributed by atoms with E-state index >= 15 is 0 Å². The SMILES string of the molecule is O=C(NCc1ccccn1)[C@H](Cc1ccccc1)N(Cc1ccc(Cl)cc1)C(=O)CCc1ccccc1. The van der Waals surface area contributed by atoms with Crippen LogP contribution >= 0.6 is 11.6 Å². The Morgan fingerprint density at radius 3 is 2.08 bits per heavy atom. The molecule has 1 aromatic heterocycles. The third kappa shape index (κ3) is 8.02. The van der Waals surface area contributed by atoms with Crippen molar-refractivity contribution in [3.8, 4) is 0 Å². The van der Waals surface area contributed by atoms with E-state index in [-0.39, 0.29) is 18.4 Å². The third-order valence-corrected chi connectivity index (χ3v) is 6.43. The second kappa shape index (κ2) is 13.4. The van der Waals surface area contributed by atoms with Crippen LogP contribution in [0.1, 0.15) is 28.8 Å². The molecule has 0 aliphatic carbocycles. The first-order valence-electron chi connectivity index (χ1n) is 12.4. The zero-order chi connectivity index (χ0) is 25.9. The largest absolute Gasteiger partial charge is 0.349 e. The minimum Gasteiger partial charge on any atom is -0.349 e. The van der Waals surface area contributed by atoms with E-state index in [4.69, 9.17) is 11.6 Å². The molecule has 0 saturated carbocycles. The number of halogens is 1. The van der Waals surface area contributed by atoms with Crippen LogP contribution in [-0.2, 0) is 35.5 Å². The zero-order valence-electron chi connectivity index (χ0n) is 20.6. The Hall–Kier alpha value is -3.96. The lowest BCUT2D eigenvalue weighted by Gasteiger charge is -2.31. The molecule has 6 heteroatoms. The van der Waals surface area contributed by atoms with Crippen LogP contribution < -0.4 is 5.32 Å². The molecule has 0 radical (unpaired) electrons. The number of aryl methyl sites for hydroxylation is 1. The Morgan fingerprint density at radius 1 is 0.784 bits per heavy atom. The molecule has 5 nitrogen and oxygen atoms in total. The number of pyridine rings is 1. The molecule has 0 aliphatic heterocycles. The Kier molecular flexibility index (Phi) is 9.44. The first-order valence-corrected chi connectivity index (χ1v) is 12.8. The molecule has 1 heterocycles. The molecule has 0 unspecified atom stereocenters. The van der Waals surface area contributed by atoms with Crippen molar-refractivity contribution in [1.82, 2.24) is 15.2 Å². The average Bonchev–Trinajstić information content (AvgIpc) is 2.95. The lowest BCUT2D eigenvalue weighted by Crippen LogP contribution is -2.50. The van der Waals surface area contributed by atoms with E-state index < -0.39 is 6.04 Å². The quantitative estimate of drug-likeness (QED) is 0.284. The highest BCUT2D eigenvalue weighted by atomic mass is 35.5. The number of rotatable bonds is 11. The molecule has 0 spiro atoms. The van der Waals surface area contributed by atoms with E-state index in [9.17, 15) is 9.59 Å². The van der Waals surface area contributed by atoms with Crippen LogP contribution in [-0.4, -0.2) is 27.7 Å². The van der Waals surface area contributed by atoms with E-state index in [1.54, 1.807) is 23.2 Å². The van der Waals surface area contributed by atoms with Gasteiger partial charge in [-0.05, 0) is 47.4 Å². The predicted molar refractivity (Wildman–Crippen MR) is 147 cm³/mol. The summed E-state index contributed by atoms with van der Waals surface area (Å²) in [4.78, 5) is 33.3. The maximum absolute atomic E-state index is 13.7. The third-order valence-electron chi connectivity index (χ3n) is 6.18. The predicted octanol–water partition coefficient (Wildman–Crippen LogP) is 5.62. The molecule has 0 fully saturated rings. The van der Waals surface area contributed by atoms with Gasteiger partial charge < -0.3 is 10.2 Å². The van der Waals surface area contributed by atoms with Crippen molar-refractivity contribution in [2.24, 2.45) is 0 Å². The first kappa shape index (κ1) is 26.1. The average molecular weight is 512 g/mol. The van der Waals surface area contributed by atoms with Crippen molar-refractivity contribution in [1.29, 1.82) is 0 Å². The van der Waals surface area contributed by atoms with E-state index in [1.165, 1.54) is 0 Å². The summed E-state index contributed by atoms with van der Waals surface area (Å²) in [6, 6.07) is 32.0. The van der Waals surface area contributed by atoms with E-state index in [0.717, 1.165) is 22.4 Å². The molecular formula is C31H30ClN3O2. The number of hydrogen-bond acceptors (Lipinski definition) is 3. The molecule has 1 atom stereocenters. The number of aromatic nitrogens is 1. The van der Waals surface area contributed by atoms with Crippen molar-refractivity contribution in [2.75, 3.05) is 0 Å². The molecule has 4 aromatic rings. The van der Waals surface area contributed by atoms with E-state index in [0.29, 0.717) is 30.8 Å².